The summed E-state index contributed by atoms with van der Waals surface area (Å²) in [6, 6.07) is 48.1. The zero-order chi connectivity index (χ0) is 65.1. The number of hydrogen-bond acceptors (Lipinski definition) is 6. The summed E-state index contributed by atoms with van der Waals surface area (Å²) in [7, 11) is 0. The summed E-state index contributed by atoms with van der Waals surface area (Å²) in [6.45, 7) is 59.6. The number of ketones is 2. The first-order valence-electron chi connectivity index (χ1n) is 28.4. The van der Waals surface area contributed by atoms with Gasteiger partial charge in [0.1, 0.15) is 6.61 Å². The topological polar surface area (TPSA) is 101 Å². The Bertz CT molecular complexity index is 2220. The van der Waals surface area contributed by atoms with E-state index in [0.717, 1.165) is 38.2 Å². The molecule has 6 nitrogen and oxygen atoms in total. The lowest BCUT2D eigenvalue weighted by Crippen LogP contribution is -2.16. The van der Waals surface area contributed by atoms with Crippen molar-refractivity contribution in [2.45, 2.75) is 147 Å². The van der Waals surface area contributed by atoms with Crippen LogP contribution in [0.2, 0.25) is 0 Å². The van der Waals surface area contributed by atoms with Crippen LogP contribution in [0.25, 0.3) is 11.1 Å². The molecule has 1 atom stereocenters. The van der Waals surface area contributed by atoms with Gasteiger partial charge in [0, 0.05) is 12.7 Å². The molecule has 0 aliphatic rings. The van der Waals surface area contributed by atoms with E-state index < -0.39 is 12.1 Å². The van der Waals surface area contributed by atoms with E-state index in [4.69, 9.17) is 10.2 Å². The number of hydrogen-bond donors (Lipinski definition) is 2. The maximum absolute atomic E-state index is 10.4. The predicted molar refractivity (Wildman–Crippen MR) is 370 cm³/mol. The van der Waals surface area contributed by atoms with Gasteiger partial charge in [-0.3, -0.25) is 9.59 Å². The van der Waals surface area contributed by atoms with Crippen molar-refractivity contribution in [3.05, 3.63) is 292 Å². The first kappa shape index (κ1) is 89.0. The molecule has 456 valence electrons. The average Bonchev–Trinajstić information content (AvgIpc) is 3.50. The average molecular weight is 1130 g/mol. The highest BCUT2D eigenvalue weighted by molar-refractivity contribution is 5.92. The number of allylic oxidation sites excluding steroid dienone is 8. The lowest BCUT2D eigenvalue weighted by molar-refractivity contribution is -0.140. The first-order valence-corrected chi connectivity index (χ1v) is 28.4. The number of carbonyl (C=O) groups is 3. The molecular formula is C77H112O6. The molecule has 5 aromatic carbocycles. The number of aliphatic hydroxyl groups is 2. The number of Topliss-reactive ketones (excluding diaryl/α,β-unsaturated/α-hetero) is 2. The number of aryl methyl sites for hydroxylation is 2. The second-order valence-corrected chi connectivity index (χ2v) is 18.1. The van der Waals surface area contributed by atoms with E-state index in [-0.39, 0.29) is 24.8 Å². The number of ether oxygens (including phenoxy) is 1. The minimum absolute atomic E-state index is 0.0569. The third kappa shape index (κ3) is 72.2. The van der Waals surface area contributed by atoms with Crippen LogP contribution in [-0.2, 0) is 44.8 Å². The van der Waals surface area contributed by atoms with Crippen LogP contribution in [0.3, 0.4) is 0 Å². The Labute approximate surface area is 508 Å². The van der Waals surface area contributed by atoms with Crippen molar-refractivity contribution < 1.29 is 29.3 Å². The lowest BCUT2D eigenvalue weighted by atomic mass is 9.98. The van der Waals surface area contributed by atoms with Gasteiger partial charge >= 0.3 is 5.97 Å². The van der Waals surface area contributed by atoms with Gasteiger partial charge in [-0.15, -0.1) is 46.1 Å². The van der Waals surface area contributed by atoms with E-state index in [9.17, 15) is 14.4 Å². The van der Waals surface area contributed by atoms with Crippen LogP contribution < -0.4 is 0 Å². The van der Waals surface area contributed by atoms with Crippen LogP contribution in [0.5, 0.6) is 0 Å². The molecule has 83 heavy (non-hydrogen) atoms. The molecule has 0 saturated carbocycles. The minimum atomic E-state index is -0.552. The van der Waals surface area contributed by atoms with Crippen LogP contribution >= 0.6 is 0 Å². The van der Waals surface area contributed by atoms with Crippen molar-refractivity contribution in [3.8, 4) is 11.1 Å². The molecule has 0 bridgehead atoms. The standard InChI is InChI=1S/C13H16.C12H10.2C8H10.C7H12O3.2C5H8O.C5H10.C4H8O.C4H8.2C3H6/c1-4-7-12-9-6-10-13(8-5-2)11(12)3;1-3-7-11(8-4-1)12-9-5-2-6-10-12;2*1-2-8-6-4-3-5-7-8;1-3-6(8)5-10-7(9)4-2;2*1-4(2)5(3)6;1-3-5-4-2;1-2-3-4-5;1-4(2)3;2*1-3-2/h4-6,9-10H,1-2,7-8H2,3H3;1-10H;2*3-7H,2H2,1H3;4,6,8H,2-3,5H2,1H3;2*1H2,2-3H3;3H,1,4-5H2,2H3;2,5H,1,3-4H2;1H2,2-3H3;2*3H,1H2,2H3. The lowest BCUT2D eigenvalue weighted by Gasteiger charge is -2.07. The second-order valence-electron chi connectivity index (χ2n) is 18.1. The zero-order valence-corrected chi connectivity index (χ0v) is 54.1. The SMILES string of the molecule is C=C(C)C.C=C(C)C(C)=O.C=C(C)C(C)=O.C=CC.C=CC.C=CC(=O)OCC(O)CC.C=CCCC.C=CCCO.C=CCc1cccc(CC=C)c1C.CCc1ccccc1.CCc1ccccc1.c1ccc(-c2ccccc2)cc1. The van der Waals surface area contributed by atoms with Crippen molar-refractivity contribution in [2.24, 2.45) is 0 Å². The molecule has 0 spiro atoms. The van der Waals surface area contributed by atoms with Gasteiger partial charge in [-0.25, -0.2) is 4.79 Å². The van der Waals surface area contributed by atoms with E-state index in [0.29, 0.717) is 24.0 Å². The van der Waals surface area contributed by atoms with Gasteiger partial charge in [-0.2, -0.15) is 0 Å². The third-order valence-corrected chi connectivity index (χ3v) is 9.75. The summed E-state index contributed by atoms with van der Waals surface area (Å²) in [5.74, 6) is -0.363. The van der Waals surface area contributed by atoms with E-state index in [2.05, 4.69) is 213 Å². The first-order chi connectivity index (χ1) is 39.5. The fraction of sp³-hybridized carbons (Fsp3) is 0.312. The molecule has 5 rings (SSSR count). The van der Waals surface area contributed by atoms with Gasteiger partial charge < -0.3 is 14.9 Å². The Morgan fingerprint density at radius 2 is 0.807 bits per heavy atom. The number of carbonyl (C=O) groups excluding carboxylic acids is 3. The molecule has 2 N–H and O–H groups in total. The quantitative estimate of drug-likeness (QED) is 0.0547. The molecule has 0 radical (unpaired) electrons. The van der Waals surface area contributed by atoms with Crippen LogP contribution in [0, 0.1) is 6.92 Å². The van der Waals surface area contributed by atoms with E-state index in [1.807, 2.05) is 77.1 Å². The monoisotopic (exact) mass is 1130 g/mol. The molecule has 0 amide bonds. The maximum Gasteiger partial charge on any atom is 0.330 e. The number of rotatable bonds is 17. The number of esters is 1. The number of benzene rings is 5. The highest BCUT2D eigenvalue weighted by atomic mass is 16.5. The summed E-state index contributed by atoms with van der Waals surface area (Å²) in [6.07, 6.45) is 19.4. The molecule has 6 heteroatoms. The molecule has 0 fully saturated rings. The van der Waals surface area contributed by atoms with Crippen molar-refractivity contribution >= 4 is 17.5 Å². The summed E-state index contributed by atoms with van der Waals surface area (Å²) < 4.78 is 4.54. The summed E-state index contributed by atoms with van der Waals surface area (Å²) in [4.78, 5) is 30.5. The van der Waals surface area contributed by atoms with Crippen LogP contribution in [-0.4, -0.2) is 47.1 Å². The van der Waals surface area contributed by atoms with Crippen molar-refractivity contribution in [1.29, 1.82) is 0 Å². The molecular weight excluding hydrogens is 1020 g/mol. The molecule has 0 saturated heterocycles. The number of aliphatic hydroxyl groups excluding tert-OH is 2. The smallest absolute Gasteiger partial charge is 0.330 e. The van der Waals surface area contributed by atoms with Crippen molar-refractivity contribution in [2.75, 3.05) is 13.2 Å². The molecule has 0 aliphatic heterocycles. The molecule has 1 unspecified atom stereocenters. The van der Waals surface area contributed by atoms with Gasteiger partial charge in [0.05, 0.1) is 6.10 Å². The van der Waals surface area contributed by atoms with Gasteiger partial charge in [-0.05, 0) is 157 Å². The Hall–Kier alpha value is -7.77. The molecule has 5 aromatic rings. The third-order valence-electron chi connectivity index (χ3n) is 9.75. The van der Waals surface area contributed by atoms with Crippen LogP contribution in [0.15, 0.2) is 265 Å². The second kappa shape index (κ2) is 70.3. The number of unbranched alkanes of at least 4 members (excludes halogenated alkanes) is 1. The summed E-state index contributed by atoms with van der Waals surface area (Å²) >= 11 is 0. The fourth-order valence-corrected chi connectivity index (χ4v) is 4.83. The Morgan fingerprint density at radius 1 is 0.506 bits per heavy atom. The molecule has 0 aliphatic carbocycles. The Balaban J connectivity index is -0.000000156. The van der Waals surface area contributed by atoms with E-state index >= 15 is 0 Å². The van der Waals surface area contributed by atoms with Crippen molar-refractivity contribution in [3.63, 3.8) is 0 Å². The fourth-order valence-electron chi connectivity index (χ4n) is 4.83. The summed E-state index contributed by atoms with van der Waals surface area (Å²) in [5.41, 5.74) is 11.9. The van der Waals surface area contributed by atoms with Gasteiger partial charge in [0.25, 0.3) is 0 Å². The Morgan fingerprint density at radius 3 is 0.988 bits per heavy atom. The zero-order valence-electron chi connectivity index (χ0n) is 54.1. The van der Waals surface area contributed by atoms with Gasteiger partial charge in [-0.1, -0.05) is 235 Å². The maximum atomic E-state index is 10.4. The van der Waals surface area contributed by atoms with Crippen molar-refractivity contribution in [1.82, 2.24) is 0 Å². The Kier molecular flexibility index (Phi) is 75.5. The van der Waals surface area contributed by atoms with Gasteiger partial charge in [0.2, 0.25) is 0 Å². The van der Waals surface area contributed by atoms with E-state index in [1.165, 1.54) is 64.8 Å². The molecule has 0 heterocycles. The normalized spacial score (nSPS) is 8.76. The highest BCUT2D eigenvalue weighted by Crippen LogP contribution is 2.17. The van der Waals surface area contributed by atoms with E-state index in [1.54, 1.807) is 32.1 Å². The molecule has 0 aromatic heterocycles. The largest absolute Gasteiger partial charge is 0.460 e. The van der Waals surface area contributed by atoms with Crippen LogP contribution in [0.4, 0.5) is 0 Å². The summed E-state index contributed by atoms with van der Waals surface area (Å²) in [5, 5.41) is 16.9. The predicted octanol–water partition coefficient (Wildman–Crippen LogP) is 20.6. The van der Waals surface area contributed by atoms with Gasteiger partial charge in [0.15, 0.2) is 11.6 Å². The highest BCUT2D eigenvalue weighted by Gasteiger charge is 2.03. The minimum Gasteiger partial charge on any atom is -0.460 e. The van der Waals surface area contributed by atoms with Crippen LogP contribution in [0.1, 0.15) is 137 Å².